The van der Waals surface area contributed by atoms with Crippen molar-refractivity contribution in [2.24, 2.45) is 5.73 Å². The molecule has 8 nitrogen and oxygen atoms in total. The minimum Gasteiger partial charge on any atom is -0.494 e. The van der Waals surface area contributed by atoms with Crippen molar-refractivity contribution in [3.8, 4) is 5.75 Å². The Balaban J connectivity index is 1.58. The second-order valence-electron chi connectivity index (χ2n) is 7.68. The van der Waals surface area contributed by atoms with Gasteiger partial charge in [0.25, 0.3) is 5.91 Å². The van der Waals surface area contributed by atoms with Gasteiger partial charge in [0.15, 0.2) is 0 Å². The minimum absolute atomic E-state index is 0.216. The van der Waals surface area contributed by atoms with Gasteiger partial charge in [0, 0.05) is 24.1 Å². The van der Waals surface area contributed by atoms with Crippen molar-refractivity contribution in [1.29, 1.82) is 0 Å². The Morgan fingerprint density at radius 1 is 1.19 bits per heavy atom. The Labute approximate surface area is 179 Å². The van der Waals surface area contributed by atoms with E-state index >= 15 is 0 Å². The predicted octanol–water partition coefficient (Wildman–Crippen LogP) is 1.54. The molecule has 3 N–H and O–H groups in total. The monoisotopic (exact) mass is 421 g/mol. The smallest absolute Gasteiger partial charge is 0.255 e. The average molecular weight is 421 g/mol. The Morgan fingerprint density at radius 2 is 2.00 bits per heavy atom. The molecule has 0 spiro atoms. The van der Waals surface area contributed by atoms with Crippen molar-refractivity contribution in [2.45, 2.75) is 38.8 Å². The maximum Gasteiger partial charge on any atom is 0.255 e. The molecule has 2 heterocycles. The first-order valence-electron chi connectivity index (χ1n) is 10.2. The number of nitrogens with zero attached hydrogens (tertiary/aromatic N) is 1. The number of carbonyl (C=O) groups excluding carboxylic acids is 4. The first-order valence-corrected chi connectivity index (χ1v) is 10.2. The first-order chi connectivity index (χ1) is 14.9. The minimum atomic E-state index is -0.648. The summed E-state index contributed by atoms with van der Waals surface area (Å²) >= 11 is 0. The first kappa shape index (κ1) is 20.6. The van der Waals surface area contributed by atoms with Crippen LogP contribution in [0.5, 0.6) is 5.75 Å². The highest BCUT2D eigenvalue weighted by atomic mass is 16.5. The number of imide groups is 1. The molecule has 1 saturated heterocycles. The largest absolute Gasteiger partial charge is 0.494 e. The van der Waals surface area contributed by atoms with Gasteiger partial charge in [-0.05, 0) is 60.7 Å². The van der Waals surface area contributed by atoms with Crippen molar-refractivity contribution < 1.29 is 23.9 Å². The van der Waals surface area contributed by atoms with Gasteiger partial charge in [0.1, 0.15) is 11.8 Å². The summed E-state index contributed by atoms with van der Waals surface area (Å²) in [6, 6.07) is 10.0. The van der Waals surface area contributed by atoms with E-state index in [0.717, 1.165) is 16.7 Å². The molecule has 2 aliphatic heterocycles. The molecule has 2 aliphatic rings. The van der Waals surface area contributed by atoms with Crippen molar-refractivity contribution >= 4 is 23.6 Å². The van der Waals surface area contributed by atoms with Gasteiger partial charge in [-0.25, -0.2) is 0 Å². The molecular formula is C23H23N3O5. The summed E-state index contributed by atoms with van der Waals surface area (Å²) in [5, 5.41) is 2.30. The summed E-state index contributed by atoms with van der Waals surface area (Å²) in [5.74, 6) is -0.822. The van der Waals surface area contributed by atoms with Crippen LogP contribution in [-0.2, 0) is 22.6 Å². The van der Waals surface area contributed by atoms with Gasteiger partial charge in [-0.3, -0.25) is 24.5 Å². The van der Waals surface area contributed by atoms with Crippen LogP contribution in [0.2, 0.25) is 0 Å². The third-order valence-corrected chi connectivity index (χ3v) is 5.64. The highest BCUT2D eigenvalue weighted by Crippen LogP contribution is 2.29. The predicted molar refractivity (Wildman–Crippen MR) is 111 cm³/mol. The number of piperidine rings is 1. The van der Waals surface area contributed by atoms with Crippen LogP contribution in [0.1, 0.15) is 57.2 Å². The number of hydrogen-bond acceptors (Lipinski definition) is 5. The van der Waals surface area contributed by atoms with Crippen LogP contribution in [0.25, 0.3) is 0 Å². The maximum absolute atomic E-state index is 12.8. The molecule has 2 aromatic rings. The highest BCUT2D eigenvalue weighted by Gasteiger charge is 2.39. The summed E-state index contributed by atoms with van der Waals surface area (Å²) in [4.78, 5) is 49.8. The van der Waals surface area contributed by atoms with Crippen LogP contribution in [0.15, 0.2) is 36.4 Å². The molecule has 4 rings (SSSR count). The summed E-state index contributed by atoms with van der Waals surface area (Å²) in [6.07, 6.45) is 0.983. The lowest BCUT2D eigenvalue weighted by molar-refractivity contribution is -0.136. The molecular weight excluding hydrogens is 398 g/mol. The number of nitrogens with one attached hydrogen (secondary N) is 1. The third-order valence-electron chi connectivity index (χ3n) is 5.64. The van der Waals surface area contributed by atoms with Gasteiger partial charge in [0.2, 0.25) is 17.7 Å². The number of hydrogen-bond donors (Lipinski definition) is 2. The fourth-order valence-corrected chi connectivity index (χ4v) is 4.17. The zero-order chi connectivity index (χ0) is 22.1. The second-order valence-corrected chi connectivity index (χ2v) is 7.68. The van der Waals surface area contributed by atoms with E-state index in [9.17, 15) is 19.2 Å². The summed E-state index contributed by atoms with van der Waals surface area (Å²) < 4.78 is 5.54. The quantitative estimate of drug-likeness (QED) is 0.686. The van der Waals surface area contributed by atoms with Gasteiger partial charge in [-0.2, -0.15) is 0 Å². The Kier molecular flexibility index (Phi) is 5.46. The van der Waals surface area contributed by atoms with E-state index in [1.165, 1.54) is 4.90 Å². The zero-order valence-electron chi connectivity index (χ0n) is 17.1. The Hall–Kier alpha value is -3.68. The Morgan fingerprint density at radius 3 is 2.71 bits per heavy atom. The van der Waals surface area contributed by atoms with Crippen LogP contribution in [-0.4, -0.2) is 41.2 Å². The summed E-state index contributed by atoms with van der Waals surface area (Å²) in [5.41, 5.74) is 8.96. The van der Waals surface area contributed by atoms with Gasteiger partial charge in [-0.1, -0.05) is 12.1 Å². The molecule has 1 atom stereocenters. The van der Waals surface area contributed by atoms with Gasteiger partial charge in [-0.15, -0.1) is 0 Å². The lowest BCUT2D eigenvalue weighted by atomic mass is 9.96. The van der Waals surface area contributed by atoms with E-state index in [4.69, 9.17) is 10.5 Å². The molecule has 0 radical (unpaired) electrons. The lowest BCUT2D eigenvalue weighted by Gasteiger charge is -2.29. The fourth-order valence-electron chi connectivity index (χ4n) is 4.17. The standard InChI is InChI=1S/C23H23N3O5/c1-2-31-16-4-6-17(21(24)28)14(11-16)9-13-3-5-18-15(10-13)12-26(23(18)30)19-7-8-20(27)25-22(19)29/h3-6,10-11,19H,2,7-9,12H2,1H3,(H2,24,28)(H,25,27,29). The molecule has 2 aromatic carbocycles. The van der Waals surface area contributed by atoms with E-state index in [0.29, 0.717) is 42.9 Å². The number of amides is 4. The van der Waals surface area contributed by atoms with Crippen molar-refractivity contribution in [3.63, 3.8) is 0 Å². The van der Waals surface area contributed by atoms with E-state index in [2.05, 4.69) is 5.32 Å². The number of carbonyl (C=O) groups is 4. The molecule has 160 valence electrons. The molecule has 1 fully saturated rings. The van der Waals surface area contributed by atoms with Crippen molar-refractivity contribution in [1.82, 2.24) is 10.2 Å². The molecule has 8 heteroatoms. The highest BCUT2D eigenvalue weighted by molar-refractivity contribution is 6.05. The van der Waals surface area contributed by atoms with E-state index < -0.39 is 17.9 Å². The summed E-state index contributed by atoms with van der Waals surface area (Å²) in [6.45, 7) is 2.69. The SMILES string of the molecule is CCOc1ccc(C(N)=O)c(Cc2ccc3c(c2)CN(C2CCC(=O)NC2=O)C3=O)c1. The number of benzene rings is 2. The molecule has 0 aliphatic carbocycles. The van der Waals surface area contributed by atoms with Gasteiger partial charge >= 0.3 is 0 Å². The third kappa shape index (κ3) is 4.01. The molecule has 1 unspecified atom stereocenters. The number of rotatable bonds is 6. The van der Waals surface area contributed by atoms with Gasteiger partial charge in [0.05, 0.1) is 6.61 Å². The lowest BCUT2D eigenvalue weighted by Crippen LogP contribution is -2.52. The maximum atomic E-state index is 12.8. The van der Waals surface area contributed by atoms with Crippen LogP contribution in [0, 0.1) is 0 Å². The van der Waals surface area contributed by atoms with Crippen LogP contribution in [0.3, 0.4) is 0 Å². The number of fused-ring (bicyclic) bond motifs is 1. The molecule has 0 bridgehead atoms. The van der Waals surface area contributed by atoms with Crippen molar-refractivity contribution in [2.75, 3.05) is 6.61 Å². The second kappa shape index (κ2) is 8.22. The summed E-state index contributed by atoms with van der Waals surface area (Å²) in [7, 11) is 0. The van der Waals surface area contributed by atoms with Gasteiger partial charge < -0.3 is 15.4 Å². The fraction of sp³-hybridized carbons (Fsp3) is 0.304. The van der Waals surface area contributed by atoms with Crippen LogP contribution >= 0.6 is 0 Å². The molecule has 31 heavy (non-hydrogen) atoms. The Bertz CT molecular complexity index is 1090. The molecule has 0 saturated carbocycles. The van der Waals surface area contributed by atoms with E-state index in [1.54, 1.807) is 24.3 Å². The van der Waals surface area contributed by atoms with Crippen LogP contribution in [0.4, 0.5) is 0 Å². The molecule has 0 aromatic heterocycles. The van der Waals surface area contributed by atoms with E-state index in [-0.39, 0.29) is 18.2 Å². The molecule has 4 amide bonds. The normalized spacial score (nSPS) is 18.0. The van der Waals surface area contributed by atoms with E-state index in [1.807, 2.05) is 19.1 Å². The van der Waals surface area contributed by atoms with Crippen LogP contribution < -0.4 is 15.8 Å². The zero-order valence-corrected chi connectivity index (χ0v) is 17.1. The number of nitrogens with two attached hydrogens (primary N) is 1. The topological polar surface area (TPSA) is 119 Å². The number of primary amides is 1. The average Bonchev–Trinajstić information content (AvgIpc) is 3.04. The van der Waals surface area contributed by atoms with Crippen molar-refractivity contribution in [3.05, 3.63) is 64.2 Å². The number of ether oxygens (including phenoxy) is 1.